The van der Waals surface area contributed by atoms with E-state index in [-0.39, 0.29) is 0 Å². The highest BCUT2D eigenvalue weighted by atomic mass is 32.2. The molecular weight excluding hydrogens is 240 g/mol. The molecule has 2 nitrogen and oxygen atoms in total. The minimum atomic E-state index is 0.653. The fourth-order valence-corrected chi connectivity index (χ4v) is 4.33. The summed E-state index contributed by atoms with van der Waals surface area (Å²) in [5.74, 6) is 3.32. The van der Waals surface area contributed by atoms with Crippen LogP contribution in [0.25, 0.3) is 0 Å². The fourth-order valence-electron chi connectivity index (χ4n) is 3.87. The van der Waals surface area contributed by atoms with E-state index in [0.29, 0.717) is 6.04 Å². The maximum atomic E-state index is 6.01. The first-order chi connectivity index (χ1) is 8.85. The molecule has 2 N–H and O–H groups in total. The summed E-state index contributed by atoms with van der Waals surface area (Å²) in [6, 6.07) is 0.653. The van der Waals surface area contributed by atoms with E-state index >= 15 is 0 Å². The van der Waals surface area contributed by atoms with Gasteiger partial charge < -0.3 is 5.73 Å². The van der Waals surface area contributed by atoms with Crippen molar-refractivity contribution < 1.29 is 0 Å². The molecule has 0 bridgehead atoms. The van der Waals surface area contributed by atoms with Gasteiger partial charge in [-0.1, -0.05) is 19.3 Å². The minimum Gasteiger partial charge on any atom is -0.329 e. The monoisotopic (exact) mass is 270 g/mol. The van der Waals surface area contributed by atoms with Crippen molar-refractivity contribution >= 4 is 11.8 Å². The smallest absolute Gasteiger partial charge is 0.0218 e. The van der Waals surface area contributed by atoms with Gasteiger partial charge in [0.05, 0.1) is 0 Å². The van der Waals surface area contributed by atoms with E-state index in [4.69, 9.17) is 5.73 Å². The van der Waals surface area contributed by atoms with Gasteiger partial charge >= 0.3 is 0 Å². The molecule has 3 atom stereocenters. The molecule has 1 saturated carbocycles. The van der Waals surface area contributed by atoms with Gasteiger partial charge in [-0.05, 0) is 56.1 Å². The first kappa shape index (κ1) is 14.7. The Labute approximate surface area is 117 Å². The molecule has 0 amide bonds. The maximum Gasteiger partial charge on any atom is 0.0218 e. The van der Waals surface area contributed by atoms with Gasteiger partial charge in [0, 0.05) is 19.1 Å². The van der Waals surface area contributed by atoms with E-state index in [1.54, 1.807) is 0 Å². The van der Waals surface area contributed by atoms with Gasteiger partial charge in [0.15, 0.2) is 0 Å². The molecule has 1 heterocycles. The van der Waals surface area contributed by atoms with Crippen LogP contribution in [0.5, 0.6) is 0 Å². The Morgan fingerprint density at radius 1 is 1.22 bits per heavy atom. The highest BCUT2D eigenvalue weighted by molar-refractivity contribution is 7.98. The number of hydrogen-bond acceptors (Lipinski definition) is 3. The quantitative estimate of drug-likeness (QED) is 0.752. The molecule has 2 aliphatic rings. The van der Waals surface area contributed by atoms with Gasteiger partial charge in [0.25, 0.3) is 0 Å². The summed E-state index contributed by atoms with van der Waals surface area (Å²) in [6.07, 6.45) is 12.2. The lowest BCUT2D eigenvalue weighted by atomic mass is 9.75. The molecule has 1 aliphatic heterocycles. The first-order valence-electron chi connectivity index (χ1n) is 7.78. The Morgan fingerprint density at radius 3 is 2.72 bits per heavy atom. The lowest BCUT2D eigenvalue weighted by Gasteiger charge is -2.44. The minimum absolute atomic E-state index is 0.653. The number of nitrogens with zero attached hydrogens (tertiary/aromatic N) is 1. The molecule has 0 aromatic carbocycles. The van der Waals surface area contributed by atoms with Crippen molar-refractivity contribution in [3.8, 4) is 0 Å². The van der Waals surface area contributed by atoms with E-state index in [1.807, 2.05) is 11.8 Å². The highest BCUT2D eigenvalue weighted by Crippen LogP contribution is 2.36. The normalized spacial score (nSPS) is 31.0. The second-order valence-corrected chi connectivity index (χ2v) is 7.10. The average molecular weight is 270 g/mol. The Bertz CT molecular complexity index is 235. The Balaban J connectivity index is 1.80. The topological polar surface area (TPSA) is 29.3 Å². The second kappa shape index (κ2) is 7.76. The van der Waals surface area contributed by atoms with Crippen molar-refractivity contribution in [2.24, 2.45) is 17.6 Å². The molecule has 0 spiro atoms. The van der Waals surface area contributed by atoms with Crippen LogP contribution in [0.1, 0.15) is 44.9 Å². The summed E-state index contributed by atoms with van der Waals surface area (Å²) in [6.45, 7) is 3.50. The molecule has 1 saturated heterocycles. The summed E-state index contributed by atoms with van der Waals surface area (Å²) in [5, 5.41) is 0. The number of piperidine rings is 1. The molecule has 2 rings (SSSR count). The molecule has 18 heavy (non-hydrogen) atoms. The molecule has 106 valence electrons. The van der Waals surface area contributed by atoms with Crippen molar-refractivity contribution in [3.63, 3.8) is 0 Å². The van der Waals surface area contributed by atoms with Crippen LogP contribution in [0.2, 0.25) is 0 Å². The van der Waals surface area contributed by atoms with Gasteiger partial charge in [-0.25, -0.2) is 0 Å². The van der Waals surface area contributed by atoms with Crippen molar-refractivity contribution in [2.45, 2.75) is 51.0 Å². The third kappa shape index (κ3) is 3.88. The van der Waals surface area contributed by atoms with Crippen LogP contribution in [0.3, 0.4) is 0 Å². The van der Waals surface area contributed by atoms with Crippen LogP contribution < -0.4 is 5.73 Å². The van der Waals surface area contributed by atoms with Crippen LogP contribution in [0.4, 0.5) is 0 Å². The summed E-state index contributed by atoms with van der Waals surface area (Å²) >= 11 is 1.96. The fraction of sp³-hybridized carbons (Fsp3) is 1.00. The zero-order valence-corrected chi connectivity index (χ0v) is 12.8. The SMILES string of the molecule is CSCCCC(CN)N1CCC2CCCCC2C1. The van der Waals surface area contributed by atoms with Crippen molar-refractivity contribution in [3.05, 3.63) is 0 Å². The summed E-state index contributed by atoms with van der Waals surface area (Å²) in [4.78, 5) is 2.72. The van der Waals surface area contributed by atoms with E-state index in [1.165, 1.54) is 63.8 Å². The zero-order valence-electron chi connectivity index (χ0n) is 11.9. The Morgan fingerprint density at radius 2 is 2.00 bits per heavy atom. The number of hydrogen-bond donors (Lipinski definition) is 1. The third-order valence-corrected chi connectivity index (χ3v) is 5.69. The maximum absolute atomic E-state index is 6.01. The standard InChI is InChI=1S/C15H30N2S/c1-18-10-4-7-15(11-16)17-9-8-13-5-2-3-6-14(13)12-17/h13-15H,2-12,16H2,1H3. The molecule has 0 radical (unpaired) electrons. The molecular formula is C15H30N2S. The predicted octanol–water partition coefficient (Wildman–Crippen LogP) is 2.97. The van der Waals surface area contributed by atoms with Gasteiger partial charge in [-0.3, -0.25) is 4.90 Å². The second-order valence-electron chi connectivity index (χ2n) is 6.11. The molecule has 3 unspecified atom stereocenters. The van der Waals surface area contributed by atoms with Gasteiger partial charge in [-0.15, -0.1) is 0 Å². The lowest BCUT2D eigenvalue weighted by Crippen LogP contribution is -2.49. The van der Waals surface area contributed by atoms with E-state index in [0.717, 1.165) is 18.4 Å². The summed E-state index contributed by atoms with van der Waals surface area (Å²) in [5.41, 5.74) is 6.01. The van der Waals surface area contributed by atoms with Crippen molar-refractivity contribution in [1.82, 2.24) is 4.90 Å². The van der Waals surface area contributed by atoms with Gasteiger partial charge in [0.2, 0.25) is 0 Å². The number of fused-ring (bicyclic) bond motifs is 1. The van der Waals surface area contributed by atoms with Crippen LogP contribution >= 0.6 is 11.8 Å². The summed E-state index contributed by atoms with van der Waals surface area (Å²) in [7, 11) is 0. The van der Waals surface area contributed by atoms with E-state index < -0.39 is 0 Å². The zero-order chi connectivity index (χ0) is 12.8. The third-order valence-electron chi connectivity index (χ3n) is 5.00. The predicted molar refractivity (Wildman–Crippen MR) is 82.1 cm³/mol. The van der Waals surface area contributed by atoms with Crippen LogP contribution in [0, 0.1) is 11.8 Å². The Kier molecular flexibility index (Phi) is 6.33. The molecule has 3 heteroatoms. The number of rotatable bonds is 6. The first-order valence-corrected chi connectivity index (χ1v) is 9.17. The molecule has 0 aromatic rings. The molecule has 0 aromatic heterocycles. The lowest BCUT2D eigenvalue weighted by molar-refractivity contribution is 0.0562. The molecule has 1 aliphatic carbocycles. The highest BCUT2D eigenvalue weighted by Gasteiger charge is 2.33. The molecule has 2 fully saturated rings. The largest absolute Gasteiger partial charge is 0.329 e. The van der Waals surface area contributed by atoms with E-state index in [9.17, 15) is 0 Å². The van der Waals surface area contributed by atoms with Crippen molar-refractivity contribution in [2.75, 3.05) is 31.6 Å². The number of nitrogens with two attached hydrogens (primary N) is 1. The van der Waals surface area contributed by atoms with Crippen LogP contribution in [-0.4, -0.2) is 42.6 Å². The van der Waals surface area contributed by atoms with Crippen LogP contribution in [-0.2, 0) is 0 Å². The van der Waals surface area contributed by atoms with Crippen LogP contribution in [0.15, 0.2) is 0 Å². The Hall–Kier alpha value is 0.270. The number of likely N-dealkylation sites (tertiary alicyclic amines) is 1. The van der Waals surface area contributed by atoms with Gasteiger partial charge in [0.1, 0.15) is 0 Å². The number of thioether (sulfide) groups is 1. The van der Waals surface area contributed by atoms with Gasteiger partial charge in [-0.2, -0.15) is 11.8 Å². The van der Waals surface area contributed by atoms with Crippen molar-refractivity contribution in [1.29, 1.82) is 0 Å². The van der Waals surface area contributed by atoms with E-state index in [2.05, 4.69) is 11.2 Å². The summed E-state index contributed by atoms with van der Waals surface area (Å²) < 4.78 is 0. The average Bonchev–Trinajstić information content (AvgIpc) is 2.43.